The molecule has 2 rings (SSSR count). The molecule has 1 N–H and O–H groups in total. The van der Waals surface area contributed by atoms with Crippen molar-refractivity contribution in [1.82, 2.24) is 0 Å². The van der Waals surface area contributed by atoms with Crippen molar-refractivity contribution in [1.29, 1.82) is 0 Å². The van der Waals surface area contributed by atoms with Gasteiger partial charge in [0.05, 0.1) is 5.76 Å². The van der Waals surface area contributed by atoms with E-state index in [-0.39, 0.29) is 23.0 Å². The second-order valence-electron chi connectivity index (χ2n) is 6.92. The average Bonchev–Trinajstić information content (AvgIpc) is 3.45. The van der Waals surface area contributed by atoms with Gasteiger partial charge in [-0.3, -0.25) is 0 Å². The Balaban J connectivity index is 0.00000113. The van der Waals surface area contributed by atoms with Gasteiger partial charge in [0.25, 0.3) is 0 Å². The molecule has 0 aliphatic heterocycles. The summed E-state index contributed by atoms with van der Waals surface area (Å²) in [5, 5.41) is 9.91. The van der Waals surface area contributed by atoms with Crippen molar-refractivity contribution in [2.45, 2.75) is 69.7 Å². The first-order valence-corrected chi connectivity index (χ1v) is 11.8. The van der Waals surface area contributed by atoms with E-state index in [1.54, 1.807) is 14.2 Å². The largest absolute Gasteiger partial charge is 0.512 e. The Hall–Kier alpha value is -0.974. The summed E-state index contributed by atoms with van der Waals surface area (Å²) < 4.78 is 10.4. The Kier molecular flexibility index (Phi) is 19.6. The van der Waals surface area contributed by atoms with Crippen LogP contribution in [0.3, 0.4) is 0 Å². The Labute approximate surface area is 190 Å². The first kappa shape index (κ1) is 28.0. The van der Waals surface area contributed by atoms with Crippen LogP contribution in [0.15, 0.2) is 66.0 Å². The van der Waals surface area contributed by atoms with Gasteiger partial charge in [-0.05, 0) is 6.42 Å². The molecule has 3 nitrogen and oxygen atoms in total. The minimum Gasteiger partial charge on any atom is -0.512 e. The van der Waals surface area contributed by atoms with Crippen molar-refractivity contribution in [3.63, 3.8) is 0 Å². The summed E-state index contributed by atoms with van der Waals surface area (Å²) in [4.78, 5) is 0. The van der Waals surface area contributed by atoms with Crippen LogP contribution in [0.5, 0.6) is 0 Å². The average molecular weight is 457 g/mol. The van der Waals surface area contributed by atoms with Crippen LogP contribution < -0.4 is 0 Å². The molecule has 0 saturated carbocycles. The summed E-state index contributed by atoms with van der Waals surface area (Å²) in [6.07, 6.45) is 18.9. The van der Waals surface area contributed by atoms with Gasteiger partial charge in [-0.2, -0.15) is 18.2 Å². The number of hydrogen-bond donors (Lipinski definition) is 1. The third kappa shape index (κ3) is 15.5. The minimum atomic E-state index is -0.00315. The van der Waals surface area contributed by atoms with E-state index in [4.69, 9.17) is 9.47 Å². The fourth-order valence-electron chi connectivity index (χ4n) is 2.99. The summed E-state index contributed by atoms with van der Waals surface area (Å²) in [7, 11) is 4.17. The zero-order valence-corrected chi connectivity index (χ0v) is 20.1. The zero-order valence-electron chi connectivity index (χ0n) is 18.0. The van der Waals surface area contributed by atoms with Crippen LogP contribution in [0.25, 0.3) is 0 Å². The molecule has 1 aliphatic rings. The van der Waals surface area contributed by atoms with Crippen molar-refractivity contribution in [3.8, 4) is 0 Å². The van der Waals surface area contributed by atoms with Gasteiger partial charge >= 0.3 is 0 Å². The predicted molar refractivity (Wildman–Crippen MR) is 120 cm³/mol. The van der Waals surface area contributed by atoms with Crippen molar-refractivity contribution >= 4 is 9.52 Å². The molecular formula is C24H37FeO3Si-. The molecule has 164 valence electrons. The maximum atomic E-state index is 9.91. The van der Waals surface area contributed by atoms with Crippen LogP contribution in [-0.4, -0.2) is 34.8 Å². The van der Waals surface area contributed by atoms with Crippen LogP contribution in [0.4, 0.5) is 0 Å². The first-order valence-electron chi connectivity index (χ1n) is 10.5. The van der Waals surface area contributed by atoms with Crippen molar-refractivity contribution in [3.05, 3.63) is 66.0 Å². The molecule has 1 aromatic carbocycles. The number of ether oxygens (including phenoxy) is 2. The van der Waals surface area contributed by atoms with Crippen molar-refractivity contribution in [2.75, 3.05) is 14.2 Å². The molecule has 2 radical (unpaired) electrons. The van der Waals surface area contributed by atoms with Gasteiger partial charge < -0.3 is 14.6 Å². The fourth-order valence-corrected chi connectivity index (χ4v) is 4.02. The topological polar surface area (TPSA) is 38.7 Å². The van der Waals surface area contributed by atoms with E-state index in [1.807, 2.05) is 54.6 Å². The third-order valence-electron chi connectivity index (χ3n) is 4.63. The van der Waals surface area contributed by atoms with Gasteiger partial charge in [0.2, 0.25) is 0 Å². The monoisotopic (exact) mass is 457 g/mol. The summed E-state index contributed by atoms with van der Waals surface area (Å²) in [5.74, 6) is 0.540. The summed E-state index contributed by atoms with van der Waals surface area (Å²) >= 11 is 0. The van der Waals surface area contributed by atoms with Crippen LogP contribution in [-0.2, 0) is 26.5 Å². The molecule has 0 fully saturated rings. The smallest absolute Gasteiger partial charge is 0.136 e. The first-order chi connectivity index (χ1) is 13.8. The molecule has 1 aromatic rings. The van der Waals surface area contributed by atoms with E-state index in [0.29, 0.717) is 5.76 Å². The molecule has 0 aromatic heterocycles. The van der Waals surface area contributed by atoms with E-state index in [1.165, 1.54) is 51.0 Å². The normalized spacial score (nSPS) is 12.0. The van der Waals surface area contributed by atoms with Crippen LogP contribution in [0, 0.1) is 0 Å². The number of rotatable bonds is 14. The summed E-state index contributed by atoms with van der Waals surface area (Å²) in [6, 6.07) is 11.2. The Morgan fingerprint density at radius 1 is 0.897 bits per heavy atom. The minimum absolute atomic E-state index is 0. The van der Waals surface area contributed by atoms with Crippen molar-refractivity contribution < 1.29 is 31.6 Å². The standard InChI is InChI=1S/C19H32O3Si.C5H5.Fe/c1-21-19(22-2)23-16-12-8-6-4-3-5-7-9-15-18(20)17-13-10-11-14-17;1-2-4-5-3-1;/h10-11,13-14,19-20H,3-9,12,15-16H2,1-2H3;1-5H;/q;-1;. The predicted octanol–water partition coefficient (Wildman–Crippen LogP) is 6.54. The summed E-state index contributed by atoms with van der Waals surface area (Å²) in [6.45, 7) is 0. The summed E-state index contributed by atoms with van der Waals surface area (Å²) in [5.41, 5.74) is 0.981. The van der Waals surface area contributed by atoms with Crippen LogP contribution >= 0.6 is 0 Å². The second kappa shape index (κ2) is 20.3. The molecule has 0 amide bonds. The Morgan fingerprint density at radius 2 is 1.41 bits per heavy atom. The Morgan fingerprint density at radius 3 is 1.90 bits per heavy atom. The molecule has 29 heavy (non-hydrogen) atoms. The van der Waals surface area contributed by atoms with E-state index < -0.39 is 0 Å². The fraction of sp³-hybridized carbons (Fsp3) is 0.542. The van der Waals surface area contributed by atoms with Gasteiger partial charge in [0.1, 0.15) is 15.4 Å². The van der Waals surface area contributed by atoms with E-state index in [2.05, 4.69) is 0 Å². The van der Waals surface area contributed by atoms with E-state index in [9.17, 15) is 5.11 Å². The molecular weight excluding hydrogens is 420 g/mol. The van der Waals surface area contributed by atoms with Gasteiger partial charge in [-0.1, -0.05) is 75.3 Å². The van der Waals surface area contributed by atoms with E-state index >= 15 is 0 Å². The SMILES string of the molecule is COC(OC)[Si]CCCCCCCCCCC(O)=C1C=CC=C1.[Fe].c1cc[cH-]c1. The second-order valence-corrected chi connectivity index (χ2v) is 8.30. The van der Waals surface area contributed by atoms with Crippen LogP contribution in [0.2, 0.25) is 6.04 Å². The maximum absolute atomic E-state index is 9.91. The maximum Gasteiger partial charge on any atom is 0.136 e. The number of methoxy groups -OCH3 is 2. The van der Waals surface area contributed by atoms with Gasteiger partial charge in [-0.25, -0.2) is 12.1 Å². The number of hydrogen-bond acceptors (Lipinski definition) is 3. The molecule has 0 saturated heterocycles. The molecule has 0 spiro atoms. The number of aliphatic hydroxyl groups excluding tert-OH is 1. The van der Waals surface area contributed by atoms with Gasteiger partial charge in [0, 0.05) is 43.3 Å². The third-order valence-corrected chi connectivity index (χ3v) is 6.08. The molecule has 0 unspecified atom stereocenters. The number of allylic oxidation sites excluding steroid dienone is 6. The molecule has 0 bridgehead atoms. The molecule has 0 atom stereocenters. The number of unbranched alkanes of at least 4 members (excludes halogenated alkanes) is 7. The molecule has 1 aliphatic carbocycles. The molecule has 0 heterocycles. The zero-order chi connectivity index (χ0) is 20.3. The van der Waals surface area contributed by atoms with Gasteiger partial charge in [-0.15, -0.1) is 0 Å². The number of aliphatic hydroxyl groups is 1. The van der Waals surface area contributed by atoms with Gasteiger partial charge in [0.15, 0.2) is 0 Å². The quantitative estimate of drug-likeness (QED) is 0.113. The molecule has 5 heteroatoms. The van der Waals surface area contributed by atoms with E-state index in [0.717, 1.165) is 27.9 Å². The van der Waals surface area contributed by atoms with Crippen molar-refractivity contribution in [2.24, 2.45) is 0 Å². The van der Waals surface area contributed by atoms with Crippen LogP contribution in [0.1, 0.15) is 57.8 Å². The Bertz CT molecular complexity index is 517.